The molecule has 1 aromatic carbocycles. The molecule has 0 atom stereocenters. The van der Waals surface area contributed by atoms with Crippen molar-refractivity contribution in [3.63, 3.8) is 0 Å². The van der Waals surface area contributed by atoms with Crippen molar-refractivity contribution in [1.29, 1.82) is 0 Å². The summed E-state index contributed by atoms with van der Waals surface area (Å²) in [4.78, 5) is 24.4. The molecule has 0 saturated carbocycles. The lowest BCUT2D eigenvalue weighted by Crippen LogP contribution is -2.28. The number of amides is 2. The number of benzene rings is 1. The van der Waals surface area contributed by atoms with Crippen molar-refractivity contribution >= 4 is 35.0 Å². The van der Waals surface area contributed by atoms with Crippen LogP contribution in [0.2, 0.25) is 5.02 Å². The molecule has 6 nitrogen and oxygen atoms in total. The van der Waals surface area contributed by atoms with Crippen LogP contribution in [0.25, 0.3) is 0 Å². The molecule has 102 valence electrons. The lowest BCUT2D eigenvalue weighted by atomic mass is 10.2. The Balaban J connectivity index is 1.87. The summed E-state index contributed by atoms with van der Waals surface area (Å²) in [6, 6.07) is 4.85. The molecule has 1 saturated heterocycles. The molecule has 3 N–H and O–H groups in total. The Morgan fingerprint density at radius 2 is 2.32 bits per heavy atom. The van der Waals surface area contributed by atoms with Crippen LogP contribution in [-0.4, -0.2) is 36.6 Å². The number of nitrogens with one attached hydrogen (secondary N) is 1. The number of halogens is 1. The minimum absolute atomic E-state index is 0.182. The first-order chi connectivity index (χ1) is 9.06. The van der Waals surface area contributed by atoms with Gasteiger partial charge in [-0.25, -0.2) is 4.79 Å². The fourth-order valence-electron chi connectivity index (χ4n) is 1.71. The van der Waals surface area contributed by atoms with E-state index in [4.69, 9.17) is 22.1 Å². The molecular weight excluding hydrogens is 270 g/mol. The van der Waals surface area contributed by atoms with Gasteiger partial charge in [-0.15, -0.1) is 0 Å². The van der Waals surface area contributed by atoms with Crippen molar-refractivity contribution in [2.24, 2.45) is 0 Å². The molecule has 7 heteroatoms. The van der Waals surface area contributed by atoms with Crippen molar-refractivity contribution in [1.82, 2.24) is 4.90 Å². The average Bonchev–Trinajstić information content (AvgIpc) is 2.77. The number of hydrogen-bond donors (Lipinski definition) is 2. The number of cyclic esters (lactones) is 1. The van der Waals surface area contributed by atoms with Gasteiger partial charge in [-0.1, -0.05) is 11.6 Å². The molecule has 0 spiro atoms. The van der Waals surface area contributed by atoms with E-state index in [0.29, 0.717) is 36.1 Å². The Bertz CT molecular complexity index is 507. The zero-order valence-electron chi connectivity index (χ0n) is 10.2. The second kappa shape index (κ2) is 5.79. The van der Waals surface area contributed by atoms with Crippen LogP contribution in [0.3, 0.4) is 0 Å². The maximum Gasteiger partial charge on any atom is 0.409 e. The maximum absolute atomic E-state index is 11.8. The normalized spacial score (nSPS) is 14.4. The number of anilines is 2. The number of nitrogens with two attached hydrogens (primary N) is 1. The number of nitrogen functional groups attached to an aromatic ring is 1. The molecule has 0 aromatic heterocycles. The Hall–Kier alpha value is -1.95. The van der Waals surface area contributed by atoms with Crippen molar-refractivity contribution in [2.45, 2.75) is 6.42 Å². The third-order valence-corrected chi connectivity index (χ3v) is 2.98. The summed E-state index contributed by atoms with van der Waals surface area (Å²) < 4.78 is 4.77. The molecule has 0 radical (unpaired) electrons. The van der Waals surface area contributed by atoms with Crippen molar-refractivity contribution < 1.29 is 14.3 Å². The first kappa shape index (κ1) is 13.5. The number of ether oxygens (including phenoxy) is 1. The Morgan fingerprint density at radius 1 is 1.53 bits per heavy atom. The van der Waals surface area contributed by atoms with E-state index in [1.54, 1.807) is 18.2 Å². The number of carbonyl (C=O) groups is 2. The van der Waals surface area contributed by atoms with E-state index in [-0.39, 0.29) is 18.4 Å². The van der Waals surface area contributed by atoms with Gasteiger partial charge in [0, 0.05) is 18.0 Å². The molecule has 0 unspecified atom stereocenters. The molecule has 2 rings (SSSR count). The predicted molar refractivity (Wildman–Crippen MR) is 72.0 cm³/mol. The third kappa shape index (κ3) is 3.51. The van der Waals surface area contributed by atoms with E-state index in [0.717, 1.165) is 0 Å². The summed E-state index contributed by atoms with van der Waals surface area (Å²) in [5.74, 6) is -0.228. The van der Waals surface area contributed by atoms with Crippen molar-refractivity contribution in [3.05, 3.63) is 23.2 Å². The summed E-state index contributed by atoms with van der Waals surface area (Å²) in [6.07, 6.45) is -0.198. The maximum atomic E-state index is 11.8. The van der Waals surface area contributed by atoms with E-state index < -0.39 is 0 Å². The van der Waals surface area contributed by atoms with Crippen LogP contribution in [0.4, 0.5) is 16.2 Å². The first-order valence-corrected chi connectivity index (χ1v) is 6.20. The summed E-state index contributed by atoms with van der Waals surface area (Å²) in [7, 11) is 0. The van der Waals surface area contributed by atoms with E-state index in [1.165, 1.54) is 4.90 Å². The van der Waals surface area contributed by atoms with Crippen LogP contribution < -0.4 is 11.1 Å². The predicted octanol–water partition coefficient (Wildman–Crippen LogP) is 1.70. The molecule has 0 bridgehead atoms. The van der Waals surface area contributed by atoms with Crippen LogP contribution in [0, 0.1) is 0 Å². The van der Waals surface area contributed by atoms with Gasteiger partial charge in [-0.2, -0.15) is 0 Å². The highest BCUT2D eigenvalue weighted by Crippen LogP contribution is 2.23. The van der Waals surface area contributed by atoms with Crippen LogP contribution in [-0.2, 0) is 9.53 Å². The summed E-state index contributed by atoms with van der Waals surface area (Å²) in [5.41, 5.74) is 6.64. The fraction of sp³-hybridized carbons (Fsp3) is 0.333. The largest absolute Gasteiger partial charge is 0.448 e. The smallest absolute Gasteiger partial charge is 0.409 e. The topological polar surface area (TPSA) is 84.7 Å². The standard InChI is InChI=1S/C12H14ClN3O3/c13-8-1-2-9(14)10(7-8)15-11(17)3-4-16-5-6-19-12(16)18/h1-2,7H,3-6,14H2,(H,15,17). The number of rotatable bonds is 4. The molecule has 1 aliphatic heterocycles. The zero-order chi connectivity index (χ0) is 13.8. The second-order valence-corrected chi connectivity index (χ2v) is 4.57. The molecule has 1 fully saturated rings. The molecule has 0 aliphatic carbocycles. The summed E-state index contributed by atoms with van der Waals surface area (Å²) in [5, 5.41) is 3.16. The minimum Gasteiger partial charge on any atom is -0.448 e. The monoisotopic (exact) mass is 283 g/mol. The number of nitrogens with zero attached hydrogens (tertiary/aromatic N) is 1. The van der Waals surface area contributed by atoms with E-state index >= 15 is 0 Å². The molecule has 1 heterocycles. The van der Waals surface area contributed by atoms with E-state index in [9.17, 15) is 9.59 Å². The van der Waals surface area contributed by atoms with Crippen molar-refractivity contribution in [3.8, 4) is 0 Å². The van der Waals surface area contributed by atoms with Crippen LogP contribution in [0.1, 0.15) is 6.42 Å². The van der Waals surface area contributed by atoms with Gasteiger partial charge < -0.3 is 20.7 Å². The molecular formula is C12H14ClN3O3. The molecule has 2 amide bonds. The quantitative estimate of drug-likeness (QED) is 0.824. The third-order valence-electron chi connectivity index (χ3n) is 2.74. The second-order valence-electron chi connectivity index (χ2n) is 4.13. The zero-order valence-corrected chi connectivity index (χ0v) is 10.9. The van der Waals surface area contributed by atoms with Crippen LogP contribution in [0.15, 0.2) is 18.2 Å². The summed E-state index contributed by atoms with van der Waals surface area (Å²) in [6.45, 7) is 1.22. The molecule has 19 heavy (non-hydrogen) atoms. The van der Waals surface area contributed by atoms with Gasteiger partial charge in [0.05, 0.1) is 17.9 Å². The van der Waals surface area contributed by atoms with Gasteiger partial charge >= 0.3 is 6.09 Å². The molecule has 1 aromatic rings. The van der Waals surface area contributed by atoms with Crippen LogP contribution >= 0.6 is 11.6 Å². The highest BCUT2D eigenvalue weighted by Gasteiger charge is 2.22. The Labute approximate surface area is 115 Å². The van der Waals surface area contributed by atoms with Gasteiger partial charge in [-0.05, 0) is 18.2 Å². The SMILES string of the molecule is Nc1ccc(Cl)cc1NC(=O)CCN1CCOC1=O. The van der Waals surface area contributed by atoms with Gasteiger partial charge in [0.1, 0.15) is 6.61 Å². The number of carbonyl (C=O) groups excluding carboxylic acids is 2. The Kier molecular flexibility index (Phi) is 4.11. The lowest BCUT2D eigenvalue weighted by Gasteiger charge is -2.13. The molecule has 1 aliphatic rings. The highest BCUT2D eigenvalue weighted by molar-refractivity contribution is 6.31. The van der Waals surface area contributed by atoms with Crippen molar-refractivity contribution in [2.75, 3.05) is 30.7 Å². The van der Waals surface area contributed by atoms with Crippen LogP contribution in [0.5, 0.6) is 0 Å². The van der Waals surface area contributed by atoms with E-state index in [1.807, 2.05) is 0 Å². The van der Waals surface area contributed by atoms with Gasteiger partial charge in [0.15, 0.2) is 0 Å². The fourth-order valence-corrected chi connectivity index (χ4v) is 1.89. The average molecular weight is 284 g/mol. The highest BCUT2D eigenvalue weighted by atomic mass is 35.5. The van der Waals surface area contributed by atoms with Gasteiger partial charge in [-0.3, -0.25) is 4.79 Å². The van der Waals surface area contributed by atoms with Gasteiger partial charge in [0.25, 0.3) is 0 Å². The Morgan fingerprint density at radius 3 is 3.00 bits per heavy atom. The van der Waals surface area contributed by atoms with E-state index in [2.05, 4.69) is 5.32 Å². The number of hydrogen-bond acceptors (Lipinski definition) is 4. The minimum atomic E-state index is -0.380. The lowest BCUT2D eigenvalue weighted by molar-refractivity contribution is -0.116. The first-order valence-electron chi connectivity index (χ1n) is 5.83. The summed E-state index contributed by atoms with van der Waals surface area (Å²) >= 11 is 5.82. The van der Waals surface area contributed by atoms with Gasteiger partial charge in [0.2, 0.25) is 5.91 Å².